The number of carbonyl (C=O) groups is 2. The molecule has 3 heterocycles. The van der Waals surface area contributed by atoms with Crippen LogP contribution in [0.5, 0.6) is 0 Å². The molecule has 8 heteroatoms. The van der Waals surface area contributed by atoms with E-state index in [1.807, 2.05) is 0 Å². The first kappa shape index (κ1) is 13.4. The van der Waals surface area contributed by atoms with Crippen molar-refractivity contribution in [1.29, 1.82) is 0 Å². The van der Waals surface area contributed by atoms with E-state index in [0.29, 0.717) is 10.4 Å². The molecular formula is C13H9ClN2O5. The van der Waals surface area contributed by atoms with Gasteiger partial charge in [0.2, 0.25) is 0 Å². The molecule has 7 nitrogen and oxygen atoms in total. The molecular weight excluding hydrogens is 300 g/mol. The minimum atomic E-state index is -1.21. The van der Waals surface area contributed by atoms with Crippen LogP contribution in [0.15, 0.2) is 41.4 Å². The molecule has 0 saturated carbocycles. The number of aliphatic carboxylic acids is 1. The Kier molecular flexibility index (Phi) is 3.06. The number of nitrogens with zero attached hydrogens (tertiary/aromatic N) is 1. The van der Waals surface area contributed by atoms with Gasteiger partial charge in [-0.15, -0.1) is 0 Å². The van der Waals surface area contributed by atoms with Gasteiger partial charge in [-0.3, -0.25) is 0 Å². The number of carboxylic acids is 1. The van der Waals surface area contributed by atoms with Crippen molar-refractivity contribution < 1.29 is 24.2 Å². The molecule has 0 amide bonds. The van der Waals surface area contributed by atoms with Gasteiger partial charge >= 0.3 is 11.9 Å². The number of aromatic nitrogens is 1. The molecule has 0 bridgehead atoms. The Morgan fingerprint density at radius 3 is 3.05 bits per heavy atom. The number of esters is 1. The highest BCUT2D eigenvalue weighted by molar-refractivity contribution is 6.29. The summed E-state index contributed by atoms with van der Waals surface area (Å²) in [6, 6.07) is 2.95. The lowest BCUT2D eigenvalue weighted by Crippen LogP contribution is -2.31. The molecule has 2 aliphatic rings. The molecule has 108 valence electrons. The van der Waals surface area contributed by atoms with Gasteiger partial charge in [0, 0.05) is 12.3 Å². The normalized spacial score (nSPS) is 20.5. The Morgan fingerprint density at radius 2 is 2.33 bits per heavy atom. The minimum absolute atomic E-state index is 0.0376. The molecule has 0 fully saturated rings. The van der Waals surface area contributed by atoms with E-state index >= 15 is 0 Å². The topological polar surface area (TPSA) is 103 Å². The average Bonchev–Trinajstić information content (AvgIpc) is 2.83. The highest BCUT2D eigenvalue weighted by atomic mass is 35.5. The second-order valence-electron chi connectivity index (χ2n) is 4.53. The number of nitrogens with one attached hydrogen (secondary N) is 1. The second-order valence-corrected chi connectivity index (χ2v) is 4.89. The third-order valence-electron chi connectivity index (χ3n) is 3.38. The van der Waals surface area contributed by atoms with Crippen LogP contribution in [0.3, 0.4) is 0 Å². The largest absolute Gasteiger partial charge is 0.618 e. The van der Waals surface area contributed by atoms with Gasteiger partial charge in [0.05, 0.1) is 28.3 Å². The summed E-state index contributed by atoms with van der Waals surface area (Å²) in [5.41, 5.74) is 0.812. The first-order valence-electron chi connectivity index (χ1n) is 5.98. The highest BCUT2D eigenvalue weighted by Gasteiger charge is 2.41. The van der Waals surface area contributed by atoms with Gasteiger partial charge in [0.25, 0.3) is 5.15 Å². The highest BCUT2D eigenvalue weighted by Crippen LogP contribution is 2.40. The Morgan fingerprint density at radius 1 is 1.57 bits per heavy atom. The minimum Gasteiger partial charge on any atom is -0.618 e. The molecule has 2 N–H and O–H groups in total. The van der Waals surface area contributed by atoms with Crippen molar-refractivity contribution >= 4 is 23.5 Å². The van der Waals surface area contributed by atoms with Crippen molar-refractivity contribution in [3.8, 4) is 0 Å². The third-order valence-corrected chi connectivity index (χ3v) is 3.77. The maximum atomic E-state index is 11.9. The third kappa shape index (κ3) is 2.02. The van der Waals surface area contributed by atoms with E-state index in [1.165, 1.54) is 24.5 Å². The van der Waals surface area contributed by atoms with Gasteiger partial charge in [-0.05, 0) is 17.7 Å². The van der Waals surface area contributed by atoms with Gasteiger partial charge < -0.3 is 20.4 Å². The number of rotatable bonds is 2. The van der Waals surface area contributed by atoms with Crippen LogP contribution >= 0.6 is 11.6 Å². The van der Waals surface area contributed by atoms with E-state index < -0.39 is 17.9 Å². The van der Waals surface area contributed by atoms with E-state index in [9.17, 15) is 19.9 Å². The molecule has 1 aromatic rings. The molecule has 0 radical (unpaired) electrons. The molecule has 3 rings (SSSR count). The van der Waals surface area contributed by atoms with E-state index in [0.717, 1.165) is 0 Å². The van der Waals surface area contributed by atoms with Crippen LogP contribution in [-0.2, 0) is 14.3 Å². The zero-order valence-corrected chi connectivity index (χ0v) is 11.3. The van der Waals surface area contributed by atoms with Crippen LogP contribution in [-0.4, -0.2) is 23.7 Å². The molecule has 1 unspecified atom stereocenters. The van der Waals surface area contributed by atoms with Gasteiger partial charge in [0.15, 0.2) is 6.20 Å². The van der Waals surface area contributed by atoms with Crippen molar-refractivity contribution in [2.45, 2.75) is 5.92 Å². The fourth-order valence-electron chi connectivity index (χ4n) is 2.44. The monoisotopic (exact) mass is 308 g/mol. The molecule has 0 aliphatic carbocycles. The van der Waals surface area contributed by atoms with Gasteiger partial charge in [-0.1, -0.05) is 0 Å². The van der Waals surface area contributed by atoms with Crippen molar-refractivity contribution in [3.05, 3.63) is 57.3 Å². The lowest BCUT2D eigenvalue weighted by atomic mass is 9.83. The van der Waals surface area contributed by atoms with Gasteiger partial charge in [-0.25, -0.2) is 9.59 Å². The van der Waals surface area contributed by atoms with Crippen LogP contribution in [0.2, 0.25) is 5.15 Å². The Hall–Kier alpha value is -2.54. The van der Waals surface area contributed by atoms with Gasteiger partial charge in [0.1, 0.15) is 6.61 Å². The number of cyclic esters (lactones) is 1. The van der Waals surface area contributed by atoms with E-state index in [4.69, 9.17) is 16.3 Å². The number of ether oxygens (including phenoxy) is 1. The first-order valence-corrected chi connectivity index (χ1v) is 6.36. The fraction of sp³-hybridized carbons (Fsp3) is 0.154. The number of carbonyl (C=O) groups excluding carboxylic acids is 1. The van der Waals surface area contributed by atoms with Gasteiger partial charge in [-0.2, -0.15) is 4.73 Å². The zero-order chi connectivity index (χ0) is 15.1. The van der Waals surface area contributed by atoms with Crippen LogP contribution in [0, 0.1) is 5.21 Å². The summed E-state index contributed by atoms with van der Waals surface area (Å²) in [6.07, 6.45) is 2.48. The quantitative estimate of drug-likeness (QED) is 0.356. The van der Waals surface area contributed by atoms with Crippen LogP contribution < -0.4 is 10.0 Å². The summed E-state index contributed by atoms with van der Waals surface area (Å²) in [7, 11) is 0. The number of pyridine rings is 1. The van der Waals surface area contributed by atoms with Crippen molar-refractivity contribution in [3.63, 3.8) is 0 Å². The summed E-state index contributed by atoms with van der Waals surface area (Å²) in [5.74, 6) is -2.77. The van der Waals surface area contributed by atoms with Crippen LogP contribution in [0.4, 0.5) is 0 Å². The Balaban J connectivity index is 2.20. The molecule has 0 saturated heterocycles. The number of hydrogen-bond acceptors (Lipinski definition) is 5. The summed E-state index contributed by atoms with van der Waals surface area (Å²) in [4.78, 5) is 23.3. The van der Waals surface area contributed by atoms with Crippen molar-refractivity contribution in [2.75, 3.05) is 6.61 Å². The molecule has 2 aliphatic heterocycles. The number of halogens is 1. The molecule has 1 atom stereocenters. The predicted molar refractivity (Wildman–Crippen MR) is 70.0 cm³/mol. The fourth-order valence-corrected chi connectivity index (χ4v) is 2.67. The molecule has 0 spiro atoms. The number of carboxylic acid groups (broad SMARTS) is 1. The lowest BCUT2D eigenvalue weighted by molar-refractivity contribution is -0.603. The zero-order valence-electron chi connectivity index (χ0n) is 10.5. The molecule has 1 aromatic heterocycles. The molecule has 0 aromatic carbocycles. The van der Waals surface area contributed by atoms with Crippen LogP contribution in [0.25, 0.3) is 0 Å². The van der Waals surface area contributed by atoms with E-state index in [-0.39, 0.29) is 28.5 Å². The molecule has 21 heavy (non-hydrogen) atoms. The summed E-state index contributed by atoms with van der Waals surface area (Å²) < 4.78 is 5.34. The maximum Gasteiger partial charge on any atom is 0.337 e. The summed E-state index contributed by atoms with van der Waals surface area (Å²) in [5, 5.41) is 23.5. The second kappa shape index (κ2) is 4.78. The number of hydrogen-bond donors (Lipinski definition) is 2. The standard InChI is InChI=1S/C13H9ClN2O5/c14-11-6(2-1-3-16(11)20)9-7(12(17)18)4-15-8-5-21-13(19)10(8)9/h1-4,9,15H,5H2,(H,17,18). The van der Waals surface area contributed by atoms with E-state index in [2.05, 4.69) is 5.32 Å². The first-order chi connectivity index (χ1) is 10.0. The van der Waals surface area contributed by atoms with E-state index in [1.54, 1.807) is 0 Å². The smallest absolute Gasteiger partial charge is 0.337 e. The summed E-state index contributed by atoms with van der Waals surface area (Å²) in [6.45, 7) is 0.0376. The van der Waals surface area contributed by atoms with Crippen LogP contribution in [0.1, 0.15) is 11.5 Å². The number of dihydropyridines is 1. The average molecular weight is 309 g/mol. The summed E-state index contributed by atoms with van der Waals surface area (Å²) >= 11 is 5.97. The predicted octanol–water partition coefficient (Wildman–Crippen LogP) is 0.440. The SMILES string of the molecule is O=C(O)C1=CNC2=C(C(=O)OC2)C1c1ccc[n+]([O-])c1Cl. The van der Waals surface area contributed by atoms with Crippen molar-refractivity contribution in [2.24, 2.45) is 0 Å². The van der Waals surface area contributed by atoms with Crippen molar-refractivity contribution in [1.82, 2.24) is 5.32 Å². The Labute approximate surface area is 123 Å². The lowest BCUT2D eigenvalue weighted by Gasteiger charge is -2.22. The Bertz CT molecular complexity index is 725. The maximum absolute atomic E-state index is 11.9.